The Kier molecular flexibility index (Phi) is 3.23. The Morgan fingerprint density at radius 1 is 1.24 bits per heavy atom. The van der Waals surface area contributed by atoms with Gasteiger partial charge in [-0.15, -0.1) is 0 Å². The Balaban J connectivity index is 1.85. The molecule has 0 aromatic heterocycles. The standard InChI is InChI=1S/C19H24O2/c1-18(2)15-10-11-19(18,3)16(12-15)14-7-4-13(5-8-14)6-9-17(20)21/h4-9,15-16H,10-12H2,1-3H3,(H,20,21). The van der Waals surface area contributed by atoms with Gasteiger partial charge in [-0.3, -0.25) is 0 Å². The second-order valence-electron chi connectivity index (χ2n) is 7.50. The zero-order valence-electron chi connectivity index (χ0n) is 13.1. The zero-order valence-corrected chi connectivity index (χ0v) is 13.1. The van der Waals surface area contributed by atoms with Gasteiger partial charge in [0, 0.05) is 6.08 Å². The first-order chi connectivity index (χ1) is 9.84. The molecule has 2 bridgehead atoms. The molecule has 1 aromatic rings. The van der Waals surface area contributed by atoms with Gasteiger partial charge in [-0.1, -0.05) is 45.0 Å². The van der Waals surface area contributed by atoms with Gasteiger partial charge in [0.1, 0.15) is 0 Å². The van der Waals surface area contributed by atoms with Crippen LogP contribution in [0.15, 0.2) is 30.3 Å². The summed E-state index contributed by atoms with van der Waals surface area (Å²) in [6, 6.07) is 8.46. The number of hydrogen-bond acceptors (Lipinski definition) is 1. The highest BCUT2D eigenvalue weighted by molar-refractivity contribution is 5.85. The minimum atomic E-state index is -0.901. The summed E-state index contributed by atoms with van der Waals surface area (Å²) in [5.41, 5.74) is 3.20. The third-order valence-electron chi connectivity index (χ3n) is 6.55. The van der Waals surface area contributed by atoms with Gasteiger partial charge in [-0.25, -0.2) is 4.79 Å². The van der Waals surface area contributed by atoms with Crippen molar-refractivity contribution in [3.63, 3.8) is 0 Å². The quantitative estimate of drug-likeness (QED) is 0.816. The molecule has 3 unspecified atom stereocenters. The highest BCUT2D eigenvalue weighted by Gasteiger charge is 2.61. The van der Waals surface area contributed by atoms with Crippen molar-refractivity contribution in [1.29, 1.82) is 0 Å². The van der Waals surface area contributed by atoms with Gasteiger partial charge in [0.05, 0.1) is 0 Å². The van der Waals surface area contributed by atoms with Crippen LogP contribution in [-0.4, -0.2) is 11.1 Å². The number of carboxylic acid groups (broad SMARTS) is 1. The van der Waals surface area contributed by atoms with E-state index in [1.165, 1.54) is 30.9 Å². The average Bonchev–Trinajstić information content (AvgIpc) is 2.78. The summed E-state index contributed by atoms with van der Waals surface area (Å²) in [7, 11) is 0. The number of carbonyl (C=O) groups is 1. The van der Waals surface area contributed by atoms with Crippen LogP contribution >= 0.6 is 0 Å². The molecule has 1 N–H and O–H groups in total. The number of fused-ring (bicyclic) bond motifs is 2. The lowest BCUT2D eigenvalue weighted by Crippen LogP contribution is -2.31. The summed E-state index contributed by atoms with van der Waals surface area (Å²) in [6.07, 6.45) is 6.85. The lowest BCUT2D eigenvalue weighted by Gasteiger charge is -2.39. The predicted octanol–water partition coefficient (Wildman–Crippen LogP) is 4.71. The van der Waals surface area contributed by atoms with Crippen molar-refractivity contribution in [2.75, 3.05) is 0 Å². The molecule has 3 atom stereocenters. The minimum Gasteiger partial charge on any atom is -0.478 e. The third kappa shape index (κ3) is 2.12. The average molecular weight is 284 g/mol. The van der Waals surface area contributed by atoms with Gasteiger partial charge in [0.15, 0.2) is 0 Å². The maximum Gasteiger partial charge on any atom is 0.328 e. The molecule has 0 aliphatic heterocycles. The van der Waals surface area contributed by atoms with E-state index in [2.05, 4.69) is 32.9 Å². The van der Waals surface area contributed by atoms with Crippen molar-refractivity contribution >= 4 is 12.0 Å². The molecule has 21 heavy (non-hydrogen) atoms. The van der Waals surface area contributed by atoms with Gasteiger partial charge in [-0.2, -0.15) is 0 Å². The number of benzene rings is 1. The number of hydrogen-bond donors (Lipinski definition) is 1. The summed E-state index contributed by atoms with van der Waals surface area (Å²) in [4.78, 5) is 10.6. The van der Waals surface area contributed by atoms with Crippen molar-refractivity contribution in [3.05, 3.63) is 41.5 Å². The Morgan fingerprint density at radius 3 is 2.38 bits per heavy atom. The van der Waals surface area contributed by atoms with Crippen molar-refractivity contribution in [3.8, 4) is 0 Å². The Morgan fingerprint density at radius 2 is 1.90 bits per heavy atom. The first-order valence-corrected chi connectivity index (χ1v) is 7.85. The molecule has 0 spiro atoms. The van der Waals surface area contributed by atoms with Gasteiger partial charge in [0.2, 0.25) is 0 Å². The molecule has 0 saturated heterocycles. The highest BCUT2D eigenvalue weighted by atomic mass is 16.4. The van der Waals surface area contributed by atoms with Gasteiger partial charge < -0.3 is 5.11 Å². The van der Waals surface area contributed by atoms with E-state index in [1.807, 2.05) is 12.1 Å². The summed E-state index contributed by atoms with van der Waals surface area (Å²) in [5.74, 6) is 0.587. The summed E-state index contributed by atoms with van der Waals surface area (Å²) >= 11 is 0. The van der Waals surface area contributed by atoms with Crippen LogP contribution in [0.2, 0.25) is 0 Å². The molecule has 2 heteroatoms. The predicted molar refractivity (Wildman–Crippen MR) is 85.1 cm³/mol. The molecule has 2 saturated carbocycles. The number of carboxylic acids is 1. The van der Waals surface area contributed by atoms with Crippen LogP contribution in [0.4, 0.5) is 0 Å². The van der Waals surface area contributed by atoms with Crippen LogP contribution in [-0.2, 0) is 4.79 Å². The fourth-order valence-electron chi connectivity index (χ4n) is 4.71. The van der Waals surface area contributed by atoms with E-state index >= 15 is 0 Å². The van der Waals surface area contributed by atoms with Crippen LogP contribution in [0.3, 0.4) is 0 Å². The Labute approximate surface area is 126 Å². The van der Waals surface area contributed by atoms with Crippen molar-refractivity contribution in [2.45, 2.75) is 46.0 Å². The topological polar surface area (TPSA) is 37.3 Å². The summed E-state index contributed by atoms with van der Waals surface area (Å²) in [6.45, 7) is 7.34. The van der Waals surface area contributed by atoms with Gasteiger partial charge in [0.25, 0.3) is 0 Å². The molecule has 0 heterocycles. The first kappa shape index (κ1) is 14.4. The molecule has 2 nitrogen and oxygen atoms in total. The van der Waals surface area contributed by atoms with Crippen LogP contribution in [0, 0.1) is 16.7 Å². The lowest BCUT2D eigenvalue weighted by molar-refractivity contribution is -0.131. The van der Waals surface area contributed by atoms with Crippen molar-refractivity contribution < 1.29 is 9.90 Å². The molecule has 1 aromatic carbocycles. The molecule has 2 aliphatic carbocycles. The SMILES string of the molecule is CC1(C)C2CCC1(C)C(c1ccc(C=CC(=O)O)cc1)C2. The molecule has 0 amide bonds. The molecule has 2 aliphatic rings. The zero-order chi connectivity index (χ0) is 15.3. The largest absolute Gasteiger partial charge is 0.478 e. The second kappa shape index (κ2) is 4.72. The van der Waals surface area contributed by atoms with E-state index in [0.29, 0.717) is 16.7 Å². The molecule has 3 rings (SSSR count). The van der Waals surface area contributed by atoms with Crippen LogP contribution in [0.25, 0.3) is 6.08 Å². The van der Waals surface area contributed by atoms with E-state index in [9.17, 15) is 4.79 Å². The maximum atomic E-state index is 10.6. The van der Waals surface area contributed by atoms with Gasteiger partial charge in [-0.05, 0) is 59.1 Å². The van der Waals surface area contributed by atoms with Gasteiger partial charge >= 0.3 is 5.97 Å². The fourth-order valence-corrected chi connectivity index (χ4v) is 4.71. The van der Waals surface area contributed by atoms with E-state index < -0.39 is 5.97 Å². The summed E-state index contributed by atoms with van der Waals surface area (Å²) < 4.78 is 0. The second-order valence-corrected chi connectivity index (χ2v) is 7.50. The van der Waals surface area contributed by atoms with E-state index in [0.717, 1.165) is 11.5 Å². The molecular weight excluding hydrogens is 260 g/mol. The highest BCUT2D eigenvalue weighted by Crippen LogP contribution is 2.70. The smallest absolute Gasteiger partial charge is 0.328 e. The van der Waals surface area contributed by atoms with Crippen LogP contribution in [0.1, 0.15) is 57.1 Å². The molecule has 112 valence electrons. The van der Waals surface area contributed by atoms with E-state index in [1.54, 1.807) is 6.08 Å². The third-order valence-corrected chi connectivity index (χ3v) is 6.55. The van der Waals surface area contributed by atoms with Crippen molar-refractivity contribution in [2.24, 2.45) is 16.7 Å². The Hall–Kier alpha value is -1.57. The maximum absolute atomic E-state index is 10.6. The summed E-state index contributed by atoms with van der Waals surface area (Å²) in [5, 5.41) is 8.68. The normalized spacial score (nSPS) is 33.7. The van der Waals surface area contributed by atoms with Crippen LogP contribution < -0.4 is 0 Å². The van der Waals surface area contributed by atoms with E-state index in [4.69, 9.17) is 5.11 Å². The lowest BCUT2D eigenvalue weighted by atomic mass is 9.65. The fraction of sp³-hybridized carbons (Fsp3) is 0.526. The van der Waals surface area contributed by atoms with Crippen molar-refractivity contribution in [1.82, 2.24) is 0 Å². The minimum absolute atomic E-state index is 0.399. The number of rotatable bonds is 3. The molecule has 2 fully saturated rings. The molecular formula is C19H24O2. The van der Waals surface area contributed by atoms with E-state index in [-0.39, 0.29) is 0 Å². The monoisotopic (exact) mass is 284 g/mol. The van der Waals surface area contributed by atoms with Crippen LogP contribution in [0.5, 0.6) is 0 Å². The Bertz CT molecular complexity index is 582. The first-order valence-electron chi connectivity index (χ1n) is 7.85. The number of aliphatic carboxylic acids is 1. The molecule has 0 radical (unpaired) electrons.